The molecule has 1 aliphatic heterocycles. The Hall–Kier alpha value is -2.83. The Bertz CT molecular complexity index is 748. The zero-order chi connectivity index (χ0) is 18.4. The van der Waals surface area contributed by atoms with E-state index in [2.05, 4.69) is 5.32 Å². The van der Waals surface area contributed by atoms with Crippen LogP contribution in [-0.4, -0.2) is 35.9 Å². The maximum atomic E-state index is 13.5. The molecule has 0 saturated carbocycles. The molecule has 1 atom stereocenters. The predicted molar refractivity (Wildman–Crippen MR) is 91.8 cm³/mol. The molecule has 1 aromatic heterocycles. The molecule has 1 unspecified atom stereocenters. The van der Waals surface area contributed by atoms with E-state index in [1.807, 2.05) is 0 Å². The Kier molecular flexibility index (Phi) is 5.88. The van der Waals surface area contributed by atoms with Crippen LogP contribution in [0.15, 0.2) is 47.1 Å². The van der Waals surface area contributed by atoms with Crippen molar-refractivity contribution in [2.24, 2.45) is 0 Å². The lowest BCUT2D eigenvalue weighted by molar-refractivity contribution is -0.138. The van der Waals surface area contributed by atoms with Crippen molar-refractivity contribution < 1.29 is 23.1 Å². The van der Waals surface area contributed by atoms with Gasteiger partial charge in [-0.1, -0.05) is 12.1 Å². The zero-order valence-corrected chi connectivity index (χ0v) is 14.3. The van der Waals surface area contributed by atoms with E-state index >= 15 is 0 Å². The van der Waals surface area contributed by atoms with Crippen molar-refractivity contribution in [3.8, 4) is 5.75 Å². The summed E-state index contributed by atoms with van der Waals surface area (Å²) in [4.78, 5) is 26.4. The average molecular weight is 360 g/mol. The number of benzene rings is 1. The number of ether oxygens (including phenoxy) is 1. The summed E-state index contributed by atoms with van der Waals surface area (Å²) < 4.78 is 24.0. The van der Waals surface area contributed by atoms with Crippen molar-refractivity contribution in [1.82, 2.24) is 10.2 Å². The van der Waals surface area contributed by atoms with Gasteiger partial charge in [0, 0.05) is 6.54 Å². The van der Waals surface area contributed by atoms with Gasteiger partial charge in [-0.15, -0.1) is 0 Å². The Morgan fingerprint density at radius 1 is 1.27 bits per heavy atom. The van der Waals surface area contributed by atoms with E-state index in [0.717, 1.165) is 6.42 Å². The second kappa shape index (κ2) is 8.51. The summed E-state index contributed by atoms with van der Waals surface area (Å²) in [5.41, 5.74) is 0. The fourth-order valence-corrected chi connectivity index (χ4v) is 3.00. The minimum Gasteiger partial charge on any atom is -0.490 e. The maximum absolute atomic E-state index is 13.5. The van der Waals surface area contributed by atoms with E-state index in [1.165, 1.54) is 12.1 Å². The highest BCUT2D eigenvalue weighted by atomic mass is 19.1. The van der Waals surface area contributed by atoms with E-state index in [-0.39, 0.29) is 30.6 Å². The van der Waals surface area contributed by atoms with Gasteiger partial charge in [0.15, 0.2) is 11.6 Å². The molecule has 6 nitrogen and oxygen atoms in total. The maximum Gasteiger partial charge on any atom is 0.243 e. The highest BCUT2D eigenvalue weighted by Gasteiger charge is 2.33. The lowest BCUT2D eigenvalue weighted by Gasteiger charge is -2.24. The van der Waals surface area contributed by atoms with Crippen LogP contribution in [0.3, 0.4) is 0 Å². The van der Waals surface area contributed by atoms with Crippen LogP contribution in [-0.2, 0) is 16.1 Å². The summed E-state index contributed by atoms with van der Waals surface area (Å²) in [6.07, 6.45) is 3.04. The number of amides is 2. The lowest BCUT2D eigenvalue weighted by Crippen LogP contribution is -2.46. The van der Waals surface area contributed by atoms with Crippen molar-refractivity contribution in [2.75, 3.05) is 13.2 Å². The number of para-hydroxylation sites is 1. The minimum absolute atomic E-state index is 0.0665. The molecule has 1 aliphatic rings. The number of halogens is 1. The van der Waals surface area contributed by atoms with E-state index in [9.17, 15) is 14.0 Å². The topological polar surface area (TPSA) is 71.8 Å². The molecular formula is C19H21FN2O4. The first-order chi connectivity index (χ1) is 12.6. The predicted octanol–water partition coefficient (Wildman–Crippen LogP) is 2.50. The summed E-state index contributed by atoms with van der Waals surface area (Å²) >= 11 is 0. The number of furan rings is 1. The molecule has 0 spiro atoms. The molecule has 0 radical (unpaired) electrons. The van der Waals surface area contributed by atoms with Crippen LogP contribution in [0.4, 0.5) is 4.39 Å². The summed E-state index contributed by atoms with van der Waals surface area (Å²) in [5, 5.41) is 2.79. The number of likely N-dealkylation sites (tertiary alicyclic amines) is 1. The molecule has 138 valence electrons. The smallest absolute Gasteiger partial charge is 0.243 e. The molecule has 1 saturated heterocycles. The van der Waals surface area contributed by atoms with Gasteiger partial charge in [0.05, 0.1) is 25.8 Å². The van der Waals surface area contributed by atoms with Gasteiger partial charge in [-0.05, 0) is 37.1 Å². The molecule has 0 bridgehead atoms. The average Bonchev–Trinajstić information content (AvgIpc) is 3.33. The molecule has 26 heavy (non-hydrogen) atoms. The molecule has 0 aliphatic carbocycles. The summed E-state index contributed by atoms with van der Waals surface area (Å²) in [5.74, 6) is -0.0439. The van der Waals surface area contributed by atoms with Crippen molar-refractivity contribution in [3.63, 3.8) is 0 Å². The molecule has 2 heterocycles. The SMILES string of the molecule is O=C(NCc1ccco1)C1CCCN1C(=O)CCOc1ccccc1F. The van der Waals surface area contributed by atoms with E-state index in [4.69, 9.17) is 9.15 Å². The zero-order valence-electron chi connectivity index (χ0n) is 14.3. The van der Waals surface area contributed by atoms with Gasteiger partial charge in [0.25, 0.3) is 0 Å². The standard InChI is InChI=1S/C19H21FN2O4/c20-15-6-1-2-8-17(15)26-12-9-18(23)22-10-3-7-16(22)19(24)21-13-14-5-4-11-25-14/h1-2,4-6,8,11,16H,3,7,9-10,12-13H2,(H,21,24). The van der Waals surface area contributed by atoms with Crippen LogP contribution in [0.2, 0.25) is 0 Å². The van der Waals surface area contributed by atoms with Gasteiger partial charge in [0.1, 0.15) is 11.8 Å². The summed E-state index contributed by atoms with van der Waals surface area (Å²) in [6.45, 7) is 0.898. The molecule has 7 heteroatoms. The van der Waals surface area contributed by atoms with E-state index in [0.29, 0.717) is 25.3 Å². The summed E-state index contributed by atoms with van der Waals surface area (Å²) in [7, 11) is 0. The van der Waals surface area contributed by atoms with Crippen LogP contribution >= 0.6 is 0 Å². The molecule has 1 aromatic carbocycles. The van der Waals surface area contributed by atoms with Crippen LogP contribution in [0, 0.1) is 5.82 Å². The number of rotatable bonds is 7. The van der Waals surface area contributed by atoms with Crippen LogP contribution in [0.5, 0.6) is 5.75 Å². The van der Waals surface area contributed by atoms with Gasteiger partial charge in [0.2, 0.25) is 11.8 Å². The van der Waals surface area contributed by atoms with Crippen molar-refractivity contribution in [2.45, 2.75) is 31.8 Å². The number of nitrogens with zero attached hydrogens (tertiary/aromatic N) is 1. The number of carbonyl (C=O) groups is 2. The second-order valence-corrected chi connectivity index (χ2v) is 6.07. The largest absolute Gasteiger partial charge is 0.490 e. The Morgan fingerprint density at radius 2 is 2.12 bits per heavy atom. The highest BCUT2D eigenvalue weighted by molar-refractivity contribution is 5.88. The van der Waals surface area contributed by atoms with Crippen molar-refractivity contribution in [3.05, 3.63) is 54.2 Å². The Balaban J connectivity index is 1.48. The molecule has 3 rings (SSSR count). The summed E-state index contributed by atoms with van der Waals surface area (Å²) in [6, 6.07) is 9.10. The van der Waals surface area contributed by atoms with Gasteiger partial charge < -0.3 is 19.4 Å². The first-order valence-corrected chi connectivity index (χ1v) is 8.62. The molecule has 1 N–H and O–H groups in total. The first kappa shape index (κ1) is 18.0. The number of nitrogens with one attached hydrogen (secondary N) is 1. The Labute approximate surface area is 150 Å². The number of hydrogen-bond donors (Lipinski definition) is 1. The normalized spacial score (nSPS) is 16.5. The third-order valence-electron chi connectivity index (χ3n) is 4.30. The third-order valence-corrected chi connectivity index (χ3v) is 4.30. The van der Waals surface area contributed by atoms with Crippen molar-refractivity contribution in [1.29, 1.82) is 0 Å². The highest BCUT2D eigenvalue weighted by Crippen LogP contribution is 2.20. The van der Waals surface area contributed by atoms with E-state index in [1.54, 1.807) is 35.4 Å². The number of hydrogen-bond acceptors (Lipinski definition) is 4. The second-order valence-electron chi connectivity index (χ2n) is 6.07. The van der Waals surface area contributed by atoms with Gasteiger partial charge >= 0.3 is 0 Å². The molecular weight excluding hydrogens is 339 g/mol. The van der Waals surface area contributed by atoms with Gasteiger partial charge in [-0.3, -0.25) is 9.59 Å². The van der Waals surface area contributed by atoms with E-state index < -0.39 is 11.9 Å². The Morgan fingerprint density at radius 3 is 2.88 bits per heavy atom. The van der Waals surface area contributed by atoms with Crippen LogP contribution in [0.25, 0.3) is 0 Å². The van der Waals surface area contributed by atoms with Crippen LogP contribution < -0.4 is 10.1 Å². The van der Waals surface area contributed by atoms with Gasteiger partial charge in [-0.25, -0.2) is 4.39 Å². The lowest BCUT2D eigenvalue weighted by atomic mass is 10.2. The first-order valence-electron chi connectivity index (χ1n) is 8.62. The fourth-order valence-electron chi connectivity index (χ4n) is 3.00. The quantitative estimate of drug-likeness (QED) is 0.823. The minimum atomic E-state index is -0.481. The third kappa shape index (κ3) is 4.41. The molecule has 2 amide bonds. The van der Waals surface area contributed by atoms with Crippen molar-refractivity contribution >= 4 is 11.8 Å². The monoisotopic (exact) mass is 360 g/mol. The molecule has 1 fully saturated rings. The molecule has 2 aromatic rings. The number of carbonyl (C=O) groups excluding carboxylic acids is 2. The van der Waals surface area contributed by atoms with Gasteiger partial charge in [-0.2, -0.15) is 0 Å². The van der Waals surface area contributed by atoms with Crippen LogP contribution in [0.1, 0.15) is 25.0 Å². The fraction of sp³-hybridized carbons (Fsp3) is 0.368.